The number of nitro groups is 1. The molecule has 0 amide bonds. The fourth-order valence-electron chi connectivity index (χ4n) is 2.24. The zero-order chi connectivity index (χ0) is 13.9. The molecule has 0 aliphatic carbocycles. The van der Waals surface area contributed by atoms with Gasteiger partial charge in [0.15, 0.2) is 5.13 Å². The number of benzene rings is 1. The van der Waals surface area contributed by atoms with Gasteiger partial charge in [-0.25, -0.2) is 4.98 Å². The van der Waals surface area contributed by atoms with Crippen molar-refractivity contribution in [3.05, 3.63) is 39.8 Å². The van der Waals surface area contributed by atoms with Gasteiger partial charge >= 0.3 is 0 Å². The van der Waals surface area contributed by atoms with Crippen LogP contribution in [0.2, 0.25) is 0 Å². The molecule has 2 aromatic rings. The smallest absolute Gasteiger partial charge is 0.278 e. The molecule has 0 saturated carbocycles. The standard InChI is InChI=1S/C13H14N4O2S/c18-17(19)12-4-2-1-3-10(12)11-9-20-13(15-11)16-7-5-14-6-8-16/h1-4,9,14H,5-8H2. The molecule has 3 rings (SSSR count). The lowest BCUT2D eigenvalue weighted by Crippen LogP contribution is -2.43. The molecule has 1 N–H and O–H groups in total. The highest BCUT2D eigenvalue weighted by atomic mass is 32.1. The van der Waals surface area contributed by atoms with E-state index in [9.17, 15) is 10.1 Å². The van der Waals surface area contributed by atoms with Crippen LogP contribution >= 0.6 is 11.3 Å². The number of rotatable bonds is 3. The van der Waals surface area contributed by atoms with E-state index >= 15 is 0 Å². The molecule has 20 heavy (non-hydrogen) atoms. The van der Waals surface area contributed by atoms with Crippen LogP contribution in [0.15, 0.2) is 29.6 Å². The van der Waals surface area contributed by atoms with E-state index in [1.807, 2.05) is 5.38 Å². The van der Waals surface area contributed by atoms with Crippen molar-refractivity contribution in [2.24, 2.45) is 0 Å². The maximum absolute atomic E-state index is 11.1. The summed E-state index contributed by atoms with van der Waals surface area (Å²) in [5.74, 6) is 0. The van der Waals surface area contributed by atoms with Crippen molar-refractivity contribution >= 4 is 22.2 Å². The van der Waals surface area contributed by atoms with E-state index in [2.05, 4.69) is 15.2 Å². The lowest BCUT2D eigenvalue weighted by Gasteiger charge is -2.26. The summed E-state index contributed by atoms with van der Waals surface area (Å²) in [4.78, 5) is 17.5. The van der Waals surface area contributed by atoms with Gasteiger partial charge in [0.2, 0.25) is 0 Å². The largest absolute Gasteiger partial charge is 0.346 e. The number of para-hydroxylation sites is 1. The van der Waals surface area contributed by atoms with E-state index in [1.54, 1.807) is 18.2 Å². The van der Waals surface area contributed by atoms with Gasteiger partial charge in [-0.3, -0.25) is 10.1 Å². The minimum absolute atomic E-state index is 0.102. The highest BCUT2D eigenvalue weighted by molar-refractivity contribution is 7.14. The Bertz CT molecular complexity index is 622. The van der Waals surface area contributed by atoms with Gasteiger partial charge in [0.1, 0.15) is 0 Å². The molecule has 0 radical (unpaired) electrons. The Kier molecular flexibility index (Phi) is 3.62. The average Bonchev–Trinajstić information content (AvgIpc) is 2.98. The van der Waals surface area contributed by atoms with Gasteiger partial charge < -0.3 is 10.2 Å². The van der Waals surface area contributed by atoms with Crippen LogP contribution in [-0.4, -0.2) is 36.1 Å². The van der Waals surface area contributed by atoms with Gasteiger partial charge in [-0.05, 0) is 6.07 Å². The molecule has 0 bridgehead atoms. The van der Waals surface area contributed by atoms with E-state index in [4.69, 9.17) is 0 Å². The number of aromatic nitrogens is 1. The van der Waals surface area contributed by atoms with Crippen LogP contribution in [-0.2, 0) is 0 Å². The molecular formula is C13H14N4O2S. The first-order valence-electron chi connectivity index (χ1n) is 6.40. The van der Waals surface area contributed by atoms with Crippen LogP contribution in [0.1, 0.15) is 0 Å². The first kappa shape index (κ1) is 13.0. The Morgan fingerprint density at radius 2 is 2.05 bits per heavy atom. The summed E-state index contributed by atoms with van der Waals surface area (Å²) in [5, 5.41) is 17.2. The van der Waals surface area contributed by atoms with E-state index in [0.717, 1.165) is 31.3 Å². The number of hydrogen-bond donors (Lipinski definition) is 1. The van der Waals surface area contributed by atoms with Gasteiger partial charge in [-0.2, -0.15) is 0 Å². The molecule has 1 saturated heterocycles. The van der Waals surface area contributed by atoms with Crippen molar-refractivity contribution < 1.29 is 4.92 Å². The Morgan fingerprint density at radius 1 is 1.30 bits per heavy atom. The van der Waals surface area contributed by atoms with Gasteiger partial charge in [-0.1, -0.05) is 12.1 Å². The minimum Gasteiger partial charge on any atom is -0.346 e. The van der Waals surface area contributed by atoms with Gasteiger partial charge in [0.25, 0.3) is 5.69 Å². The van der Waals surface area contributed by atoms with Crippen LogP contribution in [0.4, 0.5) is 10.8 Å². The second kappa shape index (κ2) is 5.56. The SMILES string of the molecule is O=[N+]([O-])c1ccccc1-c1csc(N2CCNCC2)n1. The molecule has 104 valence electrons. The molecule has 0 unspecified atom stereocenters. The molecule has 0 atom stereocenters. The molecule has 0 spiro atoms. The predicted molar refractivity (Wildman–Crippen MR) is 79.3 cm³/mol. The van der Waals surface area contributed by atoms with Crippen LogP contribution in [0.25, 0.3) is 11.3 Å². The monoisotopic (exact) mass is 290 g/mol. The molecule has 1 fully saturated rings. The molecule has 1 aromatic heterocycles. The number of thiazole rings is 1. The quantitative estimate of drug-likeness (QED) is 0.692. The Labute approximate surface area is 120 Å². The second-order valence-corrected chi connectivity index (χ2v) is 5.36. The van der Waals surface area contributed by atoms with Gasteiger partial charge in [0, 0.05) is 37.6 Å². The van der Waals surface area contributed by atoms with Crippen LogP contribution in [0.5, 0.6) is 0 Å². The first-order valence-corrected chi connectivity index (χ1v) is 7.28. The average molecular weight is 290 g/mol. The van der Waals surface area contributed by atoms with E-state index in [0.29, 0.717) is 11.3 Å². The summed E-state index contributed by atoms with van der Waals surface area (Å²) in [5.41, 5.74) is 1.36. The minimum atomic E-state index is -0.362. The lowest BCUT2D eigenvalue weighted by molar-refractivity contribution is -0.384. The third kappa shape index (κ3) is 2.50. The fraction of sp³-hybridized carbons (Fsp3) is 0.308. The molecular weight excluding hydrogens is 276 g/mol. The number of hydrogen-bond acceptors (Lipinski definition) is 6. The maximum atomic E-state index is 11.1. The molecule has 1 aromatic carbocycles. The molecule has 7 heteroatoms. The van der Waals surface area contributed by atoms with Gasteiger partial charge in [-0.15, -0.1) is 11.3 Å². The van der Waals surface area contributed by atoms with E-state index in [1.165, 1.54) is 17.4 Å². The Balaban J connectivity index is 1.92. The zero-order valence-corrected chi connectivity index (χ0v) is 11.6. The number of piperazine rings is 1. The third-order valence-electron chi connectivity index (χ3n) is 3.26. The van der Waals surface area contributed by atoms with Crippen LogP contribution < -0.4 is 10.2 Å². The molecule has 2 heterocycles. The van der Waals surface area contributed by atoms with Crippen molar-refractivity contribution in [1.82, 2.24) is 10.3 Å². The van der Waals surface area contributed by atoms with Crippen molar-refractivity contribution in [3.8, 4) is 11.3 Å². The van der Waals surface area contributed by atoms with E-state index < -0.39 is 0 Å². The van der Waals surface area contributed by atoms with Crippen molar-refractivity contribution in [3.63, 3.8) is 0 Å². The van der Waals surface area contributed by atoms with Crippen LogP contribution in [0, 0.1) is 10.1 Å². The number of nitrogens with zero attached hydrogens (tertiary/aromatic N) is 3. The lowest BCUT2D eigenvalue weighted by atomic mass is 10.1. The second-order valence-electron chi connectivity index (χ2n) is 4.53. The van der Waals surface area contributed by atoms with E-state index in [-0.39, 0.29) is 10.6 Å². The molecule has 1 aliphatic heterocycles. The van der Waals surface area contributed by atoms with Gasteiger partial charge in [0.05, 0.1) is 16.2 Å². The predicted octanol–water partition coefficient (Wildman–Crippen LogP) is 2.13. The number of nitrogens with one attached hydrogen (secondary N) is 1. The topological polar surface area (TPSA) is 71.3 Å². The number of nitro benzene ring substituents is 1. The fourth-order valence-corrected chi connectivity index (χ4v) is 3.12. The third-order valence-corrected chi connectivity index (χ3v) is 4.16. The normalized spacial score (nSPS) is 15.3. The summed E-state index contributed by atoms with van der Waals surface area (Å²) in [7, 11) is 0. The summed E-state index contributed by atoms with van der Waals surface area (Å²) >= 11 is 1.54. The molecule has 6 nitrogen and oxygen atoms in total. The maximum Gasteiger partial charge on any atom is 0.278 e. The Morgan fingerprint density at radius 3 is 2.80 bits per heavy atom. The highest BCUT2D eigenvalue weighted by Gasteiger charge is 2.19. The van der Waals surface area contributed by atoms with Crippen LogP contribution in [0.3, 0.4) is 0 Å². The van der Waals surface area contributed by atoms with Crippen molar-refractivity contribution in [1.29, 1.82) is 0 Å². The summed E-state index contributed by atoms with van der Waals surface area (Å²) in [6.07, 6.45) is 0. The first-order chi connectivity index (χ1) is 9.75. The van der Waals surface area contributed by atoms with Crippen molar-refractivity contribution in [2.75, 3.05) is 31.1 Å². The number of anilines is 1. The summed E-state index contributed by atoms with van der Waals surface area (Å²) in [6, 6.07) is 6.73. The summed E-state index contributed by atoms with van der Waals surface area (Å²) < 4.78 is 0. The van der Waals surface area contributed by atoms with Crippen molar-refractivity contribution in [2.45, 2.75) is 0 Å². The zero-order valence-electron chi connectivity index (χ0n) is 10.8. The Hall–Kier alpha value is -1.99. The highest BCUT2D eigenvalue weighted by Crippen LogP contribution is 2.33. The molecule has 1 aliphatic rings. The summed E-state index contributed by atoms with van der Waals surface area (Å²) in [6.45, 7) is 3.73.